The standard InChI is InChI=1S/C14H24O3.C2H6/c1-9-6-7-11-4-3-5-12(10(2)14(15)16)13(11)8-17-9;1-2/h9-13H,3-8H2,1-2H3,(H,15,16);1-2H3. The molecule has 0 aromatic carbocycles. The van der Waals surface area contributed by atoms with Crippen molar-refractivity contribution in [3.63, 3.8) is 0 Å². The van der Waals surface area contributed by atoms with Gasteiger partial charge >= 0.3 is 5.97 Å². The van der Waals surface area contributed by atoms with Crippen molar-refractivity contribution in [3.8, 4) is 0 Å². The van der Waals surface area contributed by atoms with Crippen LogP contribution < -0.4 is 0 Å². The van der Waals surface area contributed by atoms with Crippen molar-refractivity contribution in [3.05, 3.63) is 0 Å². The lowest BCUT2D eigenvalue weighted by atomic mass is 9.67. The van der Waals surface area contributed by atoms with Crippen LogP contribution in [0.1, 0.15) is 59.8 Å². The molecule has 0 aromatic heterocycles. The first-order valence-corrected chi connectivity index (χ1v) is 7.94. The molecule has 1 saturated heterocycles. The zero-order chi connectivity index (χ0) is 14.4. The Balaban J connectivity index is 0.000000861. The zero-order valence-corrected chi connectivity index (χ0v) is 12.9. The van der Waals surface area contributed by atoms with E-state index in [2.05, 4.69) is 6.92 Å². The minimum atomic E-state index is -0.645. The van der Waals surface area contributed by atoms with Gasteiger partial charge in [0.15, 0.2) is 0 Å². The largest absolute Gasteiger partial charge is 0.481 e. The Hall–Kier alpha value is -0.570. The van der Waals surface area contributed by atoms with Crippen LogP contribution in [-0.2, 0) is 9.53 Å². The molecule has 112 valence electrons. The van der Waals surface area contributed by atoms with Gasteiger partial charge in [-0.25, -0.2) is 0 Å². The maximum absolute atomic E-state index is 11.2. The van der Waals surface area contributed by atoms with Crippen LogP contribution in [0.5, 0.6) is 0 Å². The van der Waals surface area contributed by atoms with E-state index in [1.165, 1.54) is 19.3 Å². The van der Waals surface area contributed by atoms with Gasteiger partial charge in [-0.3, -0.25) is 4.79 Å². The predicted octanol–water partition coefficient (Wildman–Crippen LogP) is 3.96. The minimum Gasteiger partial charge on any atom is -0.481 e. The van der Waals surface area contributed by atoms with Gasteiger partial charge in [0.25, 0.3) is 0 Å². The molecular weight excluding hydrogens is 240 g/mol. The van der Waals surface area contributed by atoms with Gasteiger partial charge in [-0.15, -0.1) is 0 Å². The number of ether oxygens (including phenoxy) is 1. The summed E-state index contributed by atoms with van der Waals surface area (Å²) in [5.41, 5.74) is 0. The van der Waals surface area contributed by atoms with Crippen LogP contribution in [0.15, 0.2) is 0 Å². The van der Waals surface area contributed by atoms with Crippen molar-refractivity contribution in [2.75, 3.05) is 6.61 Å². The summed E-state index contributed by atoms with van der Waals surface area (Å²) in [5, 5.41) is 9.21. The van der Waals surface area contributed by atoms with Gasteiger partial charge in [0.1, 0.15) is 0 Å². The lowest BCUT2D eigenvalue weighted by molar-refractivity contribution is -0.145. The molecule has 0 bridgehead atoms. The Morgan fingerprint density at radius 3 is 2.53 bits per heavy atom. The summed E-state index contributed by atoms with van der Waals surface area (Å²) in [6.45, 7) is 8.77. The highest BCUT2D eigenvalue weighted by Crippen LogP contribution is 2.43. The van der Waals surface area contributed by atoms with Gasteiger partial charge in [0.2, 0.25) is 0 Å². The first-order valence-electron chi connectivity index (χ1n) is 7.94. The van der Waals surface area contributed by atoms with Crippen LogP contribution in [0.2, 0.25) is 0 Å². The van der Waals surface area contributed by atoms with Crippen LogP contribution >= 0.6 is 0 Å². The highest BCUT2D eigenvalue weighted by molar-refractivity contribution is 5.69. The average molecular weight is 270 g/mol. The zero-order valence-electron chi connectivity index (χ0n) is 12.9. The van der Waals surface area contributed by atoms with Gasteiger partial charge in [-0.05, 0) is 43.9 Å². The normalized spacial score (nSPS) is 36.2. The van der Waals surface area contributed by atoms with Crippen molar-refractivity contribution in [1.29, 1.82) is 0 Å². The fraction of sp³-hybridized carbons (Fsp3) is 0.938. The molecule has 5 unspecified atom stereocenters. The monoisotopic (exact) mass is 270 g/mol. The minimum absolute atomic E-state index is 0.222. The Kier molecular flexibility index (Phi) is 6.84. The van der Waals surface area contributed by atoms with Crippen LogP contribution in [-0.4, -0.2) is 23.8 Å². The summed E-state index contributed by atoms with van der Waals surface area (Å²) in [6.07, 6.45) is 6.22. The van der Waals surface area contributed by atoms with E-state index in [-0.39, 0.29) is 5.92 Å². The van der Waals surface area contributed by atoms with Crippen molar-refractivity contribution in [2.45, 2.75) is 65.9 Å². The molecule has 1 saturated carbocycles. The number of hydrogen-bond acceptors (Lipinski definition) is 2. The first-order chi connectivity index (χ1) is 9.09. The smallest absolute Gasteiger partial charge is 0.306 e. The molecular formula is C16H30O3. The quantitative estimate of drug-likeness (QED) is 0.826. The molecule has 0 spiro atoms. The number of carboxylic acid groups (broad SMARTS) is 1. The maximum Gasteiger partial charge on any atom is 0.306 e. The fourth-order valence-electron chi connectivity index (χ4n) is 3.62. The van der Waals surface area contributed by atoms with Crippen LogP contribution in [0.4, 0.5) is 0 Å². The predicted molar refractivity (Wildman–Crippen MR) is 77.1 cm³/mol. The summed E-state index contributed by atoms with van der Waals surface area (Å²) in [6, 6.07) is 0. The third kappa shape index (κ3) is 4.20. The van der Waals surface area contributed by atoms with Gasteiger partial charge in [0.05, 0.1) is 18.6 Å². The van der Waals surface area contributed by atoms with Crippen LogP contribution in [0, 0.1) is 23.7 Å². The molecule has 1 N–H and O–H groups in total. The molecule has 2 fully saturated rings. The summed E-state index contributed by atoms with van der Waals surface area (Å²) >= 11 is 0. The summed E-state index contributed by atoms with van der Waals surface area (Å²) in [5.74, 6) is 0.615. The van der Waals surface area contributed by atoms with Crippen LogP contribution in [0.25, 0.3) is 0 Å². The third-order valence-electron chi connectivity index (χ3n) is 4.82. The number of fused-ring (bicyclic) bond motifs is 1. The lowest BCUT2D eigenvalue weighted by Gasteiger charge is -2.38. The van der Waals surface area contributed by atoms with E-state index in [4.69, 9.17) is 4.74 Å². The highest BCUT2D eigenvalue weighted by Gasteiger charge is 2.39. The summed E-state index contributed by atoms with van der Waals surface area (Å²) in [7, 11) is 0. The second kappa shape index (κ2) is 7.88. The maximum atomic E-state index is 11.2. The molecule has 19 heavy (non-hydrogen) atoms. The van der Waals surface area contributed by atoms with Crippen molar-refractivity contribution in [2.24, 2.45) is 23.7 Å². The highest BCUT2D eigenvalue weighted by atomic mass is 16.5. The summed E-state index contributed by atoms with van der Waals surface area (Å²) in [4.78, 5) is 11.2. The van der Waals surface area contributed by atoms with Crippen molar-refractivity contribution >= 4 is 5.97 Å². The SMILES string of the molecule is CC.CC1CCC2CCCC(C(C)C(=O)O)C2CO1. The van der Waals surface area contributed by atoms with Gasteiger partial charge in [-0.1, -0.05) is 33.6 Å². The number of rotatable bonds is 2. The molecule has 0 aromatic rings. The fourth-order valence-corrected chi connectivity index (χ4v) is 3.62. The van der Waals surface area contributed by atoms with E-state index in [0.29, 0.717) is 23.9 Å². The Morgan fingerprint density at radius 1 is 1.21 bits per heavy atom. The Labute approximate surface area is 117 Å². The molecule has 2 aliphatic rings. The number of carboxylic acids is 1. The van der Waals surface area contributed by atoms with E-state index in [1.54, 1.807) is 0 Å². The van der Waals surface area contributed by atoms with Crippen LogP contribution in [0.3, 0.4) is 0 Å². The molecule has 3 heteroatoms. The van der Waals surface area contributed by atoms with Crippen molar-refractivity contribution < 1.29 is 14.6 Å². The lowest BCUT2D eigenvalue weighted by Crippen LogP contribution is -2.37. The van der Waals surface area contributed by atoms with E-state index >= 15 is 0 Å². The van der Waals surface area contributed by atoms with Gasteiger partial charge in [-0.2, -0.15) is 0 Å². The molecule has 2 rings (SSSR count). The second-order valence-corrected chi connectivity index (χ2v) is 5.87. The topological polar surface area (TPSA) is 46.5 Å². The van der Waals surface area contributed by atoms with Crippen molar-refractivity contribution in [1.82, 2.24) is 0 Å². The molecule has 1 heterocycles. The summed E-state index contributed by atoms with van der Waals surface area (Å²) < 4.78 is 5.84. The average Bonchev–Trinajstić information content (AvgIpc) is 2.62. The molecule has 0 amide bonds. The van der Waals surface area contributed by atoms with Gasteiger partial charge in [0, 0.05) is 0 Å². The molecule has 3 nitrogen and oxygen atoms in total. The first kappa shape index (κ1) is 16.5. The Morgan fingerprint density at radius 2 is 1.89 bits per heavy atom. The number of carbonyl (C=O) groups is 1. The molecule has 1 aliphatic carbocycles. The number of aliphatic carboxylic acids is 1. The Bertz CT molecular complexity index is 277. The molecule has 5 atom stereocenters. The van der Waals surface area contributed by atoms with Gasteiger partial charge < -0.3 is 9.84 Å². The third-order valence-corrected chi connectivity index (χ3v) is 4.82. The molecule has 1 aliphatic heterocycles. The van der Waals surface area contributed by atoms with E-state index in [9.17, 15) is 9.90 Å². The van der Waals surface area contributed by atoms with E-state index in [1.807, 2.05) is 20.8 Å². The number of hydrogen-bond donors (Lipinski definition) is 1. The van der Waals surface area contributed by atoms with E-state index in [0.717, 1.165) is 19.4 Å². The van der Waals surface area contributed by atoms with E-state index < -0.39 is 5.97 Å². The molecule has 0 radical (unpaired) electrons. The second-order valence-electron chi connectivity index (χ2n) is 5.87.